The Morgan fingerprint density at radius 3 is 2.77 bits per heavy atom. The van der Waals surface area contributed by atoms with Crippen LogP contribution in [0.25, 0.3) is 0 Å². The van der Waals surface area contributed by atoms with Crippen LogP contribution in [-0.4, -0.2) is 15.0 Å². The summed E-state index contributed by atoms with van der Waals surface area (Å²) in [6, 6.07) is 5.35. The van der Waals surface area contributed by atoms with Crippen molar-refractivity contribution in [1.82, 2.24) is 4.72 Å². The summed E-state index contributed by atoms with van der Waals surface area (Å²) in [4.78, 5) is 1.98. The molecule has 3 rings (SSSR count). The number of hydrogen-bond acceptors (Lipinski definition) is 4. The molecule has 0 bridgehead atoms. The van der Waals surface area contributed by atoms with E-state index in [0.29, 0.717) is 29.2 Å². The summed E-state index contributed by atoms with van der Waals surface area (Å²) in [5.74, 6) is 0.120. The zero-order valence-electron chi connectivity index (χ0n) is 12.2. The van der Waals surface area contributed by atoms with E-state index in [1.165, 1.54) is 29.5 Å². The van der Waals surface area contributed by atoms with Gasteiger partial charge < -0.3 is 4.74 Å². The van der Waals surface area contributed by atoms with Gasteiger partial charge in [0.2, 0.25) is 10.0 Å². The SMILES string of the molecule is Cc1cc(S(=O)(=O)N[C@H]2CCOc3ccc(F)cc32)c(C)s1. The molecule has 0 saturated carbocycles. The maximum Gasteiger partial charge on any atom is 0.242 e. The molecule has 0 amide bonds. The van der Waals surface area contributed by atoms with E-state index in [1.807, 2.05) is 6.92 Å². The van der Waals surface area contributed by atoms with Gasteiger partial charge in [0.05, 0.1) is 17.5 Å². The monoisotopic (exact) mass is 341 g/mol. The van der Waals surface area contributed by atoms with Crippen LogP contribution in [0.5, 0.6) is 5.75 Å². The number of halogens is 1. The standard InChI is InChI=1S/C15H16FNO3S2/c1-9-7-15(10(2)21-9)22(18,19)17-13-5-6-20-14-4-3-11(16)8-12(13)14/h3-4,7-8,13,17H,5-6H2,1-2H3/t13-/m0/s1. The van der Waals surface area contributed by atoms with Gasteiger partial charge in [-0.2, -0.15) is 0 Å². The molecule has 0 unspecified atom stereocenters. The van der Waals surface area contributed by atoms with Crippen LogP contribution in [0.3, 0.4) is 0 Å². The first kappa shape index (κ1) is 15.5. The molecule has 1 aromatic heterocycles. The van der Waals surface area contributed by atoms with Gasteiger partial charge in [-0.3, -0.25) is 0 Å². The molecule has 1 N–H and O–H groups in total. The van der Waals surface area contributed by atoms with Crippen LogP contribution >= 0.6 is 11.3 Å². The molecule has 22 heavy (non-hydrogen) atoms. The Morgan fingerprint density at radius 2 is 2.09 bits per heavy atom. The van der Waals surface area contributed by atoms with Gasteiger partial charge in [-0.25, -0.2) is 17.5 Å². The number of hydrogen-bond donors (Lipinski definition) is 1. The fourth-order valence-electron chi connectivity index (χ4n) is 2.61. The van der Waals surface area contributed by atoms with Crippen LogP contribution in [-0.2, 0) is 10.0 Å². The highest BCUT2D eigenvalue weighted by Crippen LogP contribution is 2.34. The summed E-state index contributed by atoms with van der Waals surface area (Å²) >= 11 is 1.44. The van der Waals surface area contributed by atoms with Gasteiger partial charge in [0.25, 0.3) is 0 Å². The fourth-order valence-corrected chi connectivity index (χ4v) is 5.42. The molecular formula is C15H16FNO3S2. The van der Waals surface area contributed by atoms with Crippen molar-refractivity contribution in [2.75, 3.05) is 6.61 Å². The normalized spacial score (nSPS) is 17.9. The molecule has 0 saturated heterocycles. The third kappa shape index (κ3) is 2.88. The Bertz CT molecular complexity index is 814. The lowest BCUT2D eigenvalue weighted by Crippen LogP contribution is -2.32. The van der Waals surface area contributed by atoms with Gasteiger partial charge in [0, 0.05) is 21.7 Å². The summed E-state index contributed by atoms with van der Waals surface area (Å²) in [5.41, 5.74) is 0.541. The lowest BCUT2D eigenvalue weighted by Gasteiger charge is -2.26. The summed E-state index contributed by atoms with van der Waals surface area (Å²) < 4.78 is 46.8. The van der Waals surface area contributed by atoms with Crippen LogP contribution in [0.4, 0.5) is 4.39 Å². The van der Waals surface area contributed by atoms with E-state index in [9.17, 15) is 12.8 Å². The minimum atomic E-state index is -3.64. The fraction of sp³-hybridized carbons (Fsp3) is 0.333. The smallest absolute Gasteiger partial charge is 0.242 e. The average molecular weight is 341 g/mol. The van der Waals surface area contributed by atoms with E-state index in [1.54, 1.807) is 13.0 Å². The van der Waals surface area contributed by atoms with Crippen LogP contribution in [0.1, 0.15) is 27.8 Å². The minimum absolute atomic E-state index is 0.291. The largest absolute Gasteiger partial charge is 0.493 e. The first-order chi connectivity index (χ1) is 10.4. The van der Waals surface area contributed by atoms with Crippen LogP contribution < -0.4 is 9.46 Å². The van der Waals surface area contributed by atoms with Gasteiger partial charge in [-0.05, 0) is 38.1 Å². The van der Waals surface area contributed by atoms with Gasteiger partial charge in [0.15, 0.2) is 0 Å². The summed E-state index contributed by atoms with van der Waals surface area (Å²) in [5, 5.41) is 0. The summed E-state index contributed by atoms with van der Waals surface area (Å²) in [6.45, 7) is 4.05. The zero-order valence-corrected chi connectivity index (χ0v) is 13.9. The maximum absolute atomic E-state index is 13.5. The Balaban J connectivity index is 1.94. The van der Waals surface area contributed by atoms with E-state index in [2.05, 4.69) is 4.72 Å². The number of aryl methyl sites for hydroxylation is 2. The predicted molar refractivity (Wildman–Crippen MR) is 83.4 cm³/mol. The molecule has 1 aliphatic rings. The first-order valence-corrected chi connectivity index (χ1v) is 9.18. The van der Waals surface area contributed by atoms with Gasteiger partial charge in [-0.1, -0.05) is 0 Å². The van der Waals surface area contributed by atoms with Crippen molar-refractivity contribution in [3.63, 3.8) is 0 Å². The molecule has 0 spiro atoms. The van der Waals surface area contributed by atoms with Crippen LogP contribution in [0.15, 0.2) is 29.2 Å². The second-order valence-corrected chi connectivity index (χ2v) is 8.41. The number of ether oxygens (including phenoxy) is 1. The van der Waals surface area contributed by atoms with Crippen molar-refractivity contribution in [2.45, 2.75) is 31.2 Å². The third-order valence-corrected chi connectivity index (χ3v) is 6.29. The Kier molecular flexibility index (Phi) is 3.96. The molecule has 1 aromatic carbocycles. The molecule has 0 aliphatic carbocycles. The Morgan fingerprint density at radius 1 is 1.32 bits per heavy atom. The van der Waals surface area contributed by atoms with E-state index >= 15 is 0 Å². The summed E-state index contributed by atoms with van der Waals surface area (Å²) in [7, 11) is -3.64. The van der Waals surface area contributed by atoms with Crippen molar-refractivity contribution < 1.29 is 17.5 Å². The third-order valence-electron chi connectivity index (χ3n) is 3.59. The topological polar surface area (TPSA) is 55.4 Å². The maximum atomic E-state index is 13.5. The molecule has 0 fully saturated rings. The van der Waals surface area contributed by atoms with E-state index in [4.69, 9.17) is 4.74 Å². The number of rotatable bonds is 3. The second-order valence-electron chi connectivity index (χ2n) is 5.27. The van der Waals surface area contributed by atoms with Gasteiger partial charge in [-0.15, -0.1) is 11.3 Å². The Hall–Kier alpha value is -1.44. The molecule has 4 nitrogen and oxygen atoms in total. The molecule has 1 aliphatic heterocycles. The molecule has 118 valence electrons. The van der Waals surface area contributed by atoms with Crippen LogP contribution in [0.2, 0.25) is 0 Å². The summed E-state index contributed by atoms with van der Waals surface area (Å²) in [6.07, 6.45) is 0.470. The van der Waals surface area contributed by atoms with Crippen molar-refractivity contribution in [3.05, 3.63) is 45.4 Å². The van der Waals surface area contributed by atoms with Gasteiger partial charge >= 0.3 is 0 Å². The van der Waals surface area contributed by atoms with E-state index in [-0.39, 0.29) is 0 Å². The van der Waals surface area contributed by atoms with Crippen molar-refractivity contribution in [1.29, 1.82) is 0 Å². The number of nitrogens with one attached hydrogen (secondary N) is 1. The minimum Gasteiger partial charge on any atom is -0.493 e. The molecular weight excluding hydrogens is 325 g/mol. The molecule has 2 heterocycles. The lowest BCUT2D eigenvalue weighted by atomic mass is 10.0. The van der Waals surface area contributed by atoms with E-state index < -0.39 is 21.9 Å². The Labute approximate surface area is 133 Å². The number of thiophene rings is 1. The highest BCUT2D eigenvalue weighted by atomic mass is 32.2. The van der Waals surface area contributed by atoms with Crippen molar-refractivity contribution >= 4 is 21.4 Å². The van der Waals surface area contributed by atoms with Gasteiger partial charge in [0.1, 0.15) is 11.6 Å². The molecule has 2 aromatic rings. The predicted octanol–water partition coefficient (Wildman–Crippen LogP) is 3.31. The van der Waals surface area contributed by atoms with Crippen molar-refractivity contribution in [3.8, 4) is 5.75 Å². The highest BCUT2D eigenvalue weighted by molar-refractivity contribution is 7.89. The molecule has 1 atom stereocenters. The number of sulfonamides is 1. The molecule has 0 radical (unpaired) electrons. The van der Waals surface area contributed by atoms with Crippen molar-refractivity contribution in [2.24, 2.45) is 0 Å². The van der Waals surface area contributed by atoms with E-state index in [0.717, 1.165) is 9.75 Å². The number of fused-ring (bicyclic) bond motifs is 1. The lowest BCUT2D eigenvalue weighted by molar-refractivity contribution is 0.262. The second kappa shape index (κ2) is 5.64. The molecule has 7 heteroatoms. The highest BCUT2D eigenvalue weighted by Gasteiger charge is 2.28. The zero-order chi connectivity index (χ0) is 15.9. The average Bonchev–Trinajstić information content (AvgIpc) is 2.79. The quantitative estimate of drug-likeness (QED) is 0.932. The first-order valence-electron chi connectivity index (χ1n) is 6.88. The number of benzene rings is 1. The van der Waals surface area contributed by atoms with Crippen LogP contribution in [0, 0.1) is 19.7 Å².